The summed E-state index contributed by atoms with van der Waals surface area (Å²) >= 11 is 0. The molecule has 7 heteroatoms. The molecule has 0 saturated carbocycles. The van der Waals surface area contributed by atoms with E-state index in [4.69, 9.17) is 5.11 Å². The number of hydrogen-bond acceptors (Lipinski definition) is 4. The second kappa shape index (κ2) is 5.79. The summed E-state index contributed by atoms with van der Waals surface area (Å²) in [5, 5.41) is 15.3. The normalized spacial score (nSPS) is 10.7. The van der Waals surface area contributed by atoms with E-state index in [0.29, 0.717) is 5.69 Å². The highest BCUT2D eigenvalue weighted by molar-refractivity contribution is 6.01. The van der Waals surface area contributed by atoms with E-state index >= 15 is 0 Å². The van der Waals surface area contributed by atoms with Gasteiger partial charge in [0.2, 0.25) is 5.91 Å². The van der Waals surface area contributed by atoms with Crippen LogP contribution in [0.3, 0.4) is 0 Å². The zero-order chi connectivity index (χ0) is 14.5. The Bertz CT molecular complexity index is 659. The van der Waals surface area contributed by atoms with Crippen LogP contribution in [0.4, 0.5) is 5.69 Å². The van der Waals surface area contributed by atoms with Crippen LogP contribution in [0.25, 0.3) is 6.08 Å². The molecule has 102 valence electrons. The lowest BCUT2D eigenvalue weighted by Crippen LogP contribution is -2.09. The molecule has 0 radical (unpaired) electrons. The summed E-state index contributed by atoms with van der Waals surface area (Å²) in [6.45, 7) is 0. The van der Waals surface area contributed by atoms with E-state index in [1.165, 1.54) is 24.4 Å². The van der Waals surface area contributed by atoms with Crippen LogP contribution < -0.4 is 5.32 Å². The summed E-state index contributed by atoms with van der Waals surface area (Å²) < 4.78 is 1.63. The molecule has 2 heterocycles. The molecule has 0 fully saturated rings. The van der Waals surface area contributed by atoms with Crippen molar-refractivity contribution in [3.05, 3.63) is 48.1 Å². The van der Waals surface area contributed by atoms with E-state index in [-0.39, 0.29) is 11.6 Å². The second-order valence-electron chi connectivity index (χ2n) is 3.94. The van der Waals surface area contributed by atoms with E-state index in [1.54, 1.807) is 30.1 Å². The van der Waals surface area contributed by atoms with Crippen molar-refractivity contribution in [2.75, 3.05) is 5.32 Å². The smallest absolute Gasteiger partial charge is 0.354 e. The first-order valence-corrected chi connectivity index (χ1v) is 5.72. The first-order chi connectivity index (χ1) is 9.56. The van der Waals surface area contributed by atoms with Gasteiger partial charge in [-0.05, 0) is 24.3 Å². The number of carbonyl (C=O) groups excluding carboxylic acids is 1. The van der Waals surface area contributed by atoms with Crippen molar-refractivity contribution in [1.29, 1.82) is 0 Å². The third-order valence-electron chi connectivity index (χ3n) is 2.51. The maximum atomic E-state index is 11.7. The summed E-state index contributed by atoms with van der Waals surface area (Å²) in [4.78, 5) is 26.0. The van der Waals surface area contributed by atoms with Gasteiger partial charge >= 0.3 is 5.97 Å². The summed E-state index contributed by atoms with van der Waals surface area (Å²) in [5.74, 6) is -1.45. The molecule has 0 aromatic carbocycles. The molecule has 2 N–H and O–H groups in total. The molecule has 0 unspecified atom stereocenters. The van der Waals surface area contributed by atoms with Gasteiger partial charge in [-0.2, -0.15) is 5.10 Å². The molecule has 2 aromatic heterocycles. The number of nitrogens with zero attached hydrogens (tertiary/aromatic N) is 3. The predicted molar refractivity (Wildman–Crippen MR) is 72.1 cm³/mol. The lowest BCUT2D eigenvalue weighted by molar-refractivity contribution is -0.111. The fourth-order valence-electron chi connectivity index (χ4n) is 1.49. The largest absolute Gasteiger partial charge is 0.477 e. The lowest BCUT2D eigenvalue weighted by Gasteiger charge is -2.01. The fourth-order valence-corrected chi connectivity index (χ4v) is 1.49. The van der Waals surface area contributed by atoms with E-state index in [2.05, 4.69) is 15.4 Å². The van der Waals surface area contributed by atoms with Gasteiger partial charge in [-0.15, -0.1) is 0 Å². The molecular weight excluding hydrogens is 260 g/mol. The number of anilines is 1. The van der Waals surface area contributed by atoms with Crippen LogP contribution in [0.15, 0.2) is 36.7 Å². The Labute approximate surface area is 114 Å². The van der Waals surface area contributed by atoms with Gasteiger partial charge < -0.3 is 10.4 Å². The fraction of sp³-hybridized carbons (Fsp3) is 0.0769. The molecule has 1 amide bonds. The van der Waals surface area contributed by atoms with Crippen molar-refractivity contribution in [2.45, 2.75) is 0 Å². The van der Waals surface area contributed by atoms with Crippen LogP contribution in [0.1, 0.15) is 16.2 Å². The van der Waals surface area contributed by atoms with E-state index in [9.17, 15) is 9.59 Å². The Morgan fingerprint density at radius 1 is 1.35 bits per heavy atom. The molecular formula is C13H12N4O3. The van der Waals surface area contributed by atoms with Gasteiger partial charge in [0.25, 0.3) is 0 Å². The summed E-state index contributed by atoms with van der Waals surface area (Å²) in [6, 6.07) is 4.57. The van der Waals surface area contributed by atoms with Crippen LogP contribution in [0.2, 0.25) is 0 Å². The lowest BCUT2D eigenvalue weighted by atomic mass is 10.3. The number of carbonyl (C=O) groups is 2. The molecule has 7 nitrogen and oxygen atoms in total. The van der Waals surface area contributed by atoms with Gasteiger partial charge in [-0.1, -0.05) is 0 Å². The molecule has 0 aliphatic heterocycles. The molecule has 2 aromatic rings. The van der Waals surface area contributed by atoms with Gasteiger partial charge in [-0.25, -0.2) is 9.78 Å². The standard InChI is InChI=1S/C13H12N4O3/c1-17-10(6-7-15-17)3-5-12(18)16-9-2-4-11(13(19)20)14-8-9/h2-8H,1H3,(H,16,18)(H,19,20)/b5-3+. The van der Waals surface area contributed by atoms with Gasteiger partial charge in [0.15, 0.2) is 0 Å². The number of nitrogens with one attached hydrogen (secondary N) is 1. The van der Waals surface area contributed by atoms with Crippen molar-refractivity contribution in [3.8, 4) is 0 Å². The van der Waals surface area contributed by atoms with Gasteiger partial charge in [0, 0.05) is 19.3 Å². The minimum Gasteiger partial charge on any atom is -0.477 e. The Hall–Kier alpha value is -2.96. The van der Waals surface area contributed by atoms with Crippen LogP contribution in [0.5, 0.6) is 0 Å². The van der Waals surface area contributed by atoms with E-state index in [0.717, 1.165) is 5.69 Å². The second-order valence-corrected chi connectivity index (χ2v) is 3.94. The van der Waals surface area contributed by atoms with Crippen molar-refractivity contribution < 1.29 is 14.7 Å². The number of aromatic carboxylic acids is 1. The number of rotatable bonds is 4. The molecule has 0 aliphatic carbocycles. The maximum Gasteiger partial charge on any atom is 0.354 e. The van der Waals surface area contributed by atoms with Crippen molar-refractivity contribution in [2.24, 2.45) is 7.05 Å². The molecule has 0 spiro atoms. The number of carboxylic acid groups (broad SMARTS) is 1. The number of hydrogen-bond donors (Lipinski definition) is 2. The van der Waals surface area contributed by atoms with E-state index < -0.39 is 5.97 Å². The summed E-state index contributed by atoms with van der Waals surface area (Å²) in [6.07, 6.45) is 5.91. The summed E-state index contributed by atoms with van der Waals surface area (Å²) in [7, 11) is 1.77. The minimum atomic E-state index is -1.11. The van der Waals surface area contributed by atoms with Gasteiger partial charge in [0.1, 0.15) is 5.69 Å². The van der Waals surface area contributed by atoms with Gasteiger partial charge in [-0.3, -0.25) is 9.48 Å². The molecule has 0 aliphatic rings. The monoisotopic (exact) mass is 272 g/mol. The Balaban J connectivity index is 1.99. The SMILES string of the molecule is Cn1nccc1/C=C/C(=O)Nc1ccc(C(=O)O)nc1. The first kappa shape index (κ1) is 13.5. The van der Waals surface area contributed by atoms with Crippen molar-refractivity contribution in [3.63, 3.8) is 0 Å². The van der Waals surface area contributed by atoms with E-state index in [1.807, 2.05) is 0 Å². The maximum absolute atomic E-state index is 11.7. The average Bonchev–Trinajstić information content (AvgIpc) is 2.82. The zero-order valence-electron chi connectivity index (χ0n) is 10.6. The number of aryl methyl sites for hydroxylation is 1. The van der Waals surface area contributed by atoms with Crippen LogP contribution in [-0.2, 0) is 11.8 Å². The topological polar surface area (TPSA) is 97.1 Å². The van der Waals surface area contributed by atoms with Crippen LogP contribution >= 0.6 is 0 Å². The Morgan fingerprint density at radius 2 is 2.15 bits per heavy atom. The summed E-state index contributed by atoms with van der Waals surface area (Å²) in [5.41, 5.74) is 1.14. The Kier molecular flexibility index (Phi) is 3.90. The van der Waals surface area contributed by atoms with Crippen molar-refractivity contribution >= 4 is 23.6 Å². The molecule has 20 heavy (non-hydrogen) atoms. The quantitative estimate of drug-likeness (QED) is 0.814. The van der Waals surface area contributed by atoms with Crippen LogP contribution in [0, 0.1) is 0 Å². The van der Waals surface area contributed by atoms with Gasteiger partial charge in [0.05, 0.1) is 17.6 Å². The number of aromatic nitrogens is 3. The number of carboxylic acids is 1. The average molecular weight is 272 g/mol. The van der Waals surface area contributed by atoms with Crippen LogP contribution in [-0.4, -0.2) is 31.7 Å². The zero-order valence-corrected chi connectivity index (χ0v) is 10.6. The minimum absolute atomic E-state index is 0.0755. The first-order valence-electron chi connectivity index (χ1n) is 5.72. The highest BCUT2D eigenvalue weighted by Gasteiger charge is 2.04. The predicted octanol–water partition coefficient (Wildman–Crippen LogP) is 1.17. The molecule has 2 rings (SSSR count). The third-order valence-corrected chi connectivity index (χ3v) is 2.51. The number of pyridine rings is 1. The highest BCUT2D eigenvalue weighted by Crippen LogP contribution is 2.07. The molecule has 0 saturated heterocycles. The number of amides is 1. The third kappa shape index (κ3) is 3.29. The van der Waals surface area contributed by atoms with Crippen molar-refractivity contribution in [1.82, 2.24) is 14.8 Å². The Morgan fingerprint density at radius 3 is 2.70 bits per heavy atom. The highest BCUT2D eigenvalue weighted by atomic mass is 16.4. The molecule has 0 bridgehead atoms. The molecule has 0 atom stereocenters.